The number of nitrogens with zero attached hydrogens (tertiary/aromatic N) is 1. The predicted octanol–water partition coefficient (Wildman–Crippen LogP) is 3.52. The number of carbonyl (C=O) groups excluding carboxylic acids is 1. The van der Waals surface area contributed by atoms with Gasteiger partial charge in [0.25, 0.3) is 5.91 Å². The van der Waals surface area contributed by atoms with Gasteiger partial charge in [-0.2, -0.15) is 0 Å². The van der Waals surface area contributed by atoms with Gasteiger partial charge in [-0.15, -0.1) is 0 Å². The Hall–Kier alpha value is -0.900. The van der Waals surface area contributed by atoms with Gasteiger partial charge >= 0.3 is 0 Å². The summed E-state index contributed by atoms with van der Waals surface area (Å²) in [4.78, 5) is 14.2. The molecule has 0 radical (unpaired) electrons. The molecular formula is C13H15BrFNO. The number of rotatable bonds is 1. The maximum atomic E-state index is 13.3. The van der Waals surface area contributed by atoms with Gasteiger partial charge in [-0.05, 0) is 60.3 Å². The molecule has 1 aliphatic rings. The molecule has 92 valence electrons. The molecule has 1 aromatic rings. The third kappa shape index (κ3) is 2.37. The zero-order valence-electron chi connectivity index (χ0n) is 9.96. The van der Waals surface area contributed by atoms with E-state index in [0.29, 0.717) is 15.6 Å². The monoisotopic (exact) mass is 299 g/mol. The maximum absolute atomic E-state index is 13.3. The van der Waals surface area contributed by atoms with Crippen LogP contribution in [0.15, 0.2) is 16.6 Å². The second-order valence-electron chi connectivity index (χ2n) is 4.57. The minimum Gasteiger partial charge on any atom is -0.336 e. The van der Waals surface area contributed by atoms with Crippen LogP contribution in [-0.2, 0) is 0 Å². The normalized spacial score (nSPS) is 19.8. The van der Waals surface area contributed by atoms with Crippen molar-refractivity contribution in [1.29, 1.82) is 0 Å². The van der Waals surface area contributed by atoms with E-state index in [1.807, 2.05) is 4.90 Å². The highest BCUT2D eigenvalue weighted by Crippen LogP contribution is 2.26. The van der Waals surface area contributed by atoms with Gasteiger partial charge in [0.2, 0.25) is 0 Å². The fourth-order valence-corrected chi connectivity index (χ4v) is 2.70. The van der Waals surface area contributed by atoms with Crippen LogP contribution in [0.1, 0.15) is 35.7 Å². The Morgan fingerprint density at radius 3 is 2.82 bits per heavy atom. The highest BCUT2D eigenvalue weighted by molar-refractivity contribution is 9.10. The van der Waals surface area contributed by atoms with Crippen LogP contribution in [0.2, 0.25) is 0 Å². The summed E-state index contributed by atoms with van der Waals surface area (Å²) in [6.07, 6.45) is 2.09. The fraction of sp³-hybridized carbons (Fsp3) is 0.462. The number of hydrogen-bond donors (Lipinski definition) is 0. The van der Waals surface area contributed by atoms with Crippen LogP contribution in [0.4, 0.5) is 4.39 Å². The number of carbonyl (C=O) groups is 1. The third-order valence-corrected chi connectivity index (χ3v) is 3.95. The Labute approximate surface area is 109 Å². The lowest BCUT2D eigenvalue weighted by Gasteiger charge is -2.22. The largest absolute Gasteiger partial charge is 0.336 e. The Bertz CT molecular complexity index is 461. The summed E-state index contributed by atoms with van der Waals surface area (Å²) in [5, 5.41) is 0. The fourth-order valence-electron chi connectivity index (χ4n) is 2.21. The average molecular weight is 300 g/mol. The molecule has 1 unspecified atom stereocenters. The van der Waals surface area contributed by atoms with E-state index in [1.165, 1.54) is 6.07 Å². The number of likely N-dealkylation sites (tertiary alicyclic amines) is 1. The highest BCUT2D eigenvalue weighted by atomic mass is 79.9. The number of aryl methyl sites for hydroxylation is 1. The highest BCUT2D eigenvalue weighted by Gasteiger charge is 2.27. The zero-order valence-corrected chi connectivity index (χ0v) is 11.6. The van der Waals surface area contributed by atoms with E-state index in [-0.39, 0.29) is 17.8 Å². The van der Waals surface area contributed by atoms with E-state index in [0.717, 1.165) is 19.4 Å². The summed E-state index contributed by atoms with van der Waals surface area (Å²) in [5.74, 6) is -0.298. The minimum absolute atomic E-state index is 0.00928. The Morgan fingerprint density at radius 2 is 2.24 bits per heavy atom. The lowest BCUT2D eigenvalue weighted by molar-refractivity contribution is 0.0746. The molecule has 1 heterocycles. The zero-order chi connectivity index (χ0) is 12.6. The number of amides is 1. The molecule has 0 bridgehead atoms. The van der Waals surface area contributed by atoms with Crippen molar-refractivity contribution in [3.63, 3.8) is 0 Å². The SMILES string of the molecule is Cc1cc(C(=O)N2CCCC2C)c(Br)cc1F. The summed E-state index contributed by atoms with van der Waals surface area (Å²) in [5.41, 5.74) is 1.06. The molecule has 0 N–H and O–H groups in total. The molecule has 2 nitrogen and oxygen atoms in total. The van der Waals surface area contributed by atoms with Gasteiger partial charge in [0.15, 0.2) is 0 Å². The molecule has 1 saturated heterocycles. The van der Waals surface area contributed by atoms with Crippen LogP contribution in [-0.4, -0.2) is 23.4 Å². The lowest BCUT2D eigenvalue weighted by atomic mass is 10.1. The van der Waals surface area contributed by atoms with Crippen LogP contribution >= 0.6 is 15.9 Å². The predicted molar refractivity (Wildman–Crippen MR) is 68.6 cm³/mol. The second kappa shape index (κ2) is 4.77. The quantitative estimate of drug-likeness (QED) is 0.777. The molecule has 0 spiro atoms. The van der Waals surface area contributed by atoms with Crippen molar-refractivity contribution < 1.29 is 9.18 Å². The number of halogens is 2. The summed E-state index contributed by atoms with van der Waals surface area (Å²) in [6.45, 7) is 4.52. The molecule has 0 aliphatic carbocycles. The molecule has 17 heavy (non-hydrogen) atoms. The van der Waals surface area contributed by atoms with E-state index in [9.17, 15) is 9.18 Å². The summed E-state index contributed by atoms with van der Waals surface area (Å²) < 4.78 is 13.9. The van der Waals surface area contributed by atoms with Crippen LogP contribution in [0.5, 0.6) is 0 Å². The van der Waals surface area contributed by atoms with Gasteiger partial charge in [0, 0.05) is 17.1 Å². The van der Waals surface area contributed by atoms with Crippen LogP contribution in [0, 0.1) is 12.7 Å². The van der Waals surface area contributed by atoms with Crippen molar-refractivity contribution in [2.75, 3.05) is 6.54 Å². The smallest absolute Gasteiger partial charge is 0.255 e. The number of hydrogen-bond acceptors (Lipinski definition) is 1. The van der Waals surface area contributed by atoms with E-state index in [4.69, 9.17) is 0 Å². The minimum atomic E-state index is -0.289. The molecule has 0 aromatic heterocycles. The summed E-state index contributed by atoms with van der Waals surface area (Å²) in [7, 11) is 0. The molecular weight excluding hydrogens is 285 g/mol. The first kappa shape index (κ1) is 12.6. The van der Waals surface area contributed by atoms with Crippen molar-refractivity contribution in [3.8, 4) is 0 Å². The van der Waals surface area contributed by atoms with Crippen LogP contribution in [0.3, 0.4) is 0 Å². The van der Waals surface area contributed by atoms with Gasteiger partial charge in [0.05, 0.1) is 5.56 Å². The van der Waals surface area contributed by atoms with Crippen molar-refractivity contribution in [2.45, 2.75) is 32.7 Å². The van der Waals surface area contributed by atoms with Gasteiger partial charge in [0.1, 0.15) is 5.82 Å². The summed E-state index contributed by atoms with van der Waals surface area (Å²) in [6, 6.07) is 3.26. The van der Waals surface area contributed by atoms with E-state index < -0.39 is 0 Å². The Morgan fingerprint density at radius 1 is 1.53 bits per heavy atom. The molecule has 0 saturated carbocycles. The van der Waals surface area contributed by atoms with Crippen molar-refractivity contribution >= 4 is 21.8 Å². The van der Waals surface area contributed by atoms with Gasteiger partial charge in [-0.3, -0.25) is 4.79 Å². The second-order valence-corrected chi connectivity index (χ2v) is 5.43. The standard InChI is InChI=1S/C13H15BrFNO/c1-8-6-10(11(14)7-12(8)15)13(17)16-5-3-4-9(16)2/h6-7,9H,3-5H2,1-2H3. The van der Waals surface area contributed by atoms with E-state index in [2.05, 4.69) is 22.9 Å². The van der Waals surface area contributed by atoms with Gasteiger partial charge in [-0.1, -0.05) is 0 Å². The van der Waals surface area contributed by atoms with Crippen molar-refractivity contribution in [1.82, 2.24) is 4.90 Å². The first-order valence-electron chi connectivity index (χ1n) is 5.77. The molecule has 1 fully saturated rings. The Balaban J connectivity index is 2.34. The maximum Gasteiger partial charge on any atom is 0.255 e. The van der Waals surface area contributed by atoms with Crippen LogP contribution < -0.4 is 0 Å². The molecule has 1 aromatic carbocycles. The molecule has 1 atom stereocenters. The van der Waals surface area contributed by atoms with Crippen LogP contribution in [0.25, 0.3) is 0 Å². The Kier molecular flexibility index (Phi) is 3.52. The molecule has 4 heteroatoms. The van der Waals surface area contributed by atoms with Gasteiger partial charge < -0.3 is 4.90 Å². The molecule has 1 amide bonds. The van der Waals surface area contributed by atoms with Crippen molar-refractivity contribution in [3.05, 3.63) is 33.5 Å². The summed E-state index contributed by atoms with van der Waals surface area (Å²) >= 11 is 3.26. The molecule has 2 rings (SSSR count). The first-order chi connectivity index (χ1) is 8.00. The average Bonchev–Trinajstić information content (AvgIpc) is 2.69. The number of benzene rings is 1. The topological polar surface area (TPSA) is 20.3 Å². The van der Waals surface area contributed by atoms with E-state index in [1.54, 1.807) is 13.0 Å². The lowest BCUT2D eigenvalue weighted by Crippen LogP contribution is -2.33. The van der Waals surface area contributed by atoms with Crippen molar-refractivity contribution in [2.24, 2.45) is 0 Å². The van der Waals surface area contributed by atoms with Gasteiger partial charge in [-0.25, -0.2) is 4.39 Å². The van der Waals surface area contributed by atoms with E-state index >= 15 is 0 Å². The molecule has 1 aliphatic heterocycles. The third-order valence-electron chi connectivity index (χ3n) is 3.29. The first-order valence-corrected chi connectivity index (χ1v) is 6.56.